The molecule has 0 saturated carbocycles. The van der Waals surface area contributed by atoms with E-state index in [-0.39, 0.29) is 19.8 Å². The van der Waals surface area contributed by atoms with Crippen LogP contribution in [0.4, 0.5) is 9.59 Å². The summed E-state index contributed by atoms with van der Waals surface area (Å²) in [6.07, 6.45) is -1.62. The molecule has 0 fully saturated rings. The van der Waals surface area contributed by atoms with Gasteiger partial charge in [0.1, 0.15) is 11.2 Å². The molecular formula is C17H35N2O8P. The summed E-state index contributed by atoms with van der Waals surface area (Å²) in [5, 5.41) is 15.4. The number of carbonyl (C=O) groups is 2. The number of amides is 2. The second kappa shape index (κ2) is 11.0. The largest absolute Gasteiger partial charge is 0.444 e. The molecule has 3 N–H and O–H groups in total. The van der Waals surface area contributed by atoms with E-state index in [0.717, 1.165) is 0 Å². The van der Waals surface area contributed by atoms with Crippen LogP contribution in [-0.4, -0.2) is 60.1 Å². The van der Waals surface area contributed by atoms with Crippen molar-refractivity contribution in [1.29, 1.82) is 0 Å². The third kappa shape index (κ3) is 10.8. The van der Waals surface area contributed by atoms with E-state index in [1.165, 1.54) is 0 Å². The number of rotatable bonds is 9. The van der Waals surface area contributed by atoms with Gasteiger partial charge in [0.25, 0.3) is 0 Å². The van der Waals surface area contributed by atoms with Crippen molar-refractivity contribution < 1.29 is 37.8 Å². The number of ether oxygens (including phenoxy) is 2. The van der Waals surface area contributed by atoms with Crippen LogP contribution in [0.2, 0.25) is 0 Å². The second-order valence-corrected chi connectivity index (χ2v) is 10.0. The predicted octanol–water partition coefficient (Wildman–Crippen LogP) is 2.99. The molecule has 2 atom stereocenters. The molecule has 0 rings (SSSR count). The van der Waals surface area contributed by atoms with Crippen molar-refractivity contribution in [2.45, 2.75) is 78.5 Å². The quantitative estimate of drug-likeness (QED) is 0.479. The van der Waals surface area contributed by atoms with E-state index in [4.69, 9.17) is 18.5 Å². The van der Waals surface area contributed by atoms with Crippen molar-refractivity contribution in [1.82, 2.24) is 10.6 Å². The van der Waals surface area contributed by atoms with Crippen LogP contribution in [0.3, 0.4) is 0 Å². The van der Waals surface area contributed by atoms with E-state index in [9.17, 15) is 19.3 Å². The summed E-state index contributed by atoms with van der Waals surface area (Å²) < 4.78 is 33.4. The van der Waals surface area contributed by atoms with E-state index in [1.807, 2.05) is 0 Å². The zero-order valence-corrected chi connectivity index (χ0v) is 18.9. The van der Waals surface area contributed by atoms with Crippen LogP contribution in [0.1, 0.15) is 55.4 Å². The van der Waals surface area contributed by atoms with Crippen LogP contribution in [0, 0.1) is 0 Å². The Bertz CT molecular complexity index is 546. The summed E-state index contributed by atoms with van der Waals surface area (Å²) in [6.45, 7) is 13.0. The Kier molecular flexibility index (Phi) is 10.5. The zero-order chi connectivity index (χ0) is 22.2. The molecule has 0 bridgehead atoms. The summed E-state index contributed by atoms with van der Waals surface area (Å²) in [6, 6.07) is -1.22. The standard InChI is InChI=1S/C17H35N2O8P/c1-9-24-28(23,25-10-2)13(20)12(19-15(22)27-17(6,7)8)11-18-14(21)26-16(3,4)5/h12-13,20H,9-11H2,1-8H3,(H,18,21)(H,19,22)/t12-,13-/m0/s1. The Labute approximate surface area is 167 Å². The molecule has 0 radical (unpaired) electrons. The van der Waals surface area contributed by atoms with Crippen molar-refractivity contribution in [3.63, 3.8) is 0 Å². The number of hydrogen-bond acceptors (Lipinski definition) is 8. The van der Waals surface area contributed by atoms with Crippen molar-refractivity contribution in [3.05, 3.63) is 0 Å². The van der Waals surface area contributed by atoms with Crippen LogP contribution < -0.4 is 10.6 Å². The predicted molar refractivity (Wildman–Crippen MR) is 104 cm³/mol. The normalized spacial score (nSPS) is 14.8. The topological polar surface area (TPSA) is 132 Å². The summed E-state index contributed by atoms with van der Waals surface area (Å²) in [5.41, 5.74) is -1.52. The van der Waals surface area contributed by atoms with Gasteiger partial charge in [0.2, 0.25) is 0 Å². The van der Waals surface area contributed by atoms with E-state index >= 15 is 0 Å². The first-order chi connectivity index (χ1) is 12.6. The molecular weight excluding hydrogens is 391 g/mol. The van der Waals surface area contributed by atoms with Crippen molar-refractivity contribution in [3.8, 4) is 0 Å². The molecule has 0 spiro atoms. The molecule has 28 heavy (non-hydrogen) atoms. The Morgan fingerprint density at radius 3 is 1.75 bits per heavy atom. The average molecular weight is 426 g/mol. The van der Waals surface area contributed by atoms with Gasteiger partial charge in [0.15, 0.2) is 5.85 Å². The van der Waals surface area contributed by atoms with Gasteiger partial charge in [-0.15, -0.1) is 0 Å². The summed E-state index contributed by atoms with van der Waals surface area (Å²) in [5.74, 6) is -1.74. The van der Waals surface area contributed by atoms with Crippen LogP contribution in [0.25, 0.3) is 0 Å². The first kappa shape index (κ1) is 26.6. The summed E-state index contributed by atoms with van der Waals surface area (Å²) in [7, 11) is -3.98. The molecule has 166 valence electrons. The van der Waals surface area contributed by atoms with Gasteiger partial charge in [-0.05, 0) is 55.4 Å². The molecule has 0 aromatic carbocycles. The fourth-order valence-electron chi connectivity index (χ4n) is 1.97. The Morgan fingerprint density at radius 2 is 1.36 bits per heavy atom. The molecule has 0 aliphatic carbocycles. The lowest BCUT2D eigenvalue weighted by atomic mass is 10.2. The van der Waals surface area contributed by atoms with Crippen LogP contribution in [0.15, 0.2) is 0 Å². The Hall–Kier alpha value is -1.35. The lowest BCUT2D eigenvalue weighted by Gasteiger charge is -2.30. The van der Waals surface area contributed by atoms with Crippen LogP contribution >= 0.6 is 7.60 Å². The molecule has 0 unspecified atom stereocenters. The molecule has 0 aromatic heterocycles. The zero-order valence-electron chi connectivity index (χ0n) is 18.0. The second-order valence-electron chi connectivity index (χ2n) is 7.92. The summed E-state index contributed by atoms with van der Waals surface area (Å²) in [4.78, 5) is 24.0. The van der Waals surface area contributed by atoms with E-state index < -0.39 is 42.9 Å². The Balaban J connectivity index is 5.38. The highest BCUT2D eigenvalue weighted by Gasteiger charge is 2.41. The fourth-order valence-corrected chi connectivity index (χ4v) is 3.69. The van der Waals surface area contributed by atoms with Gasteiger partial charge in [-0.1, -0.05) is 0 Å². The van der Waals surface area contributed by atoms with E-state index in [2.05, 4.69) is 10.6 Å². The van der Waals surface area contributed by atoms with Gasteiger partial charge in [-0.25, -0.2) is 9.59 Å². The minimum Gasteiger partial charge on any atom is -0.444 e. The van der Waals surface area contributed by atoms with Gasteiger partial charge >= 0.3 is 19.8 Å². The van der Waals surface area contributed by atoms with E-state index in [1.54, 1.807) is 55.4 Å². The van der Waals surface area contributed by atoms with Crippen molar-refractivity contribution >= 4 is 19.8 Å². The summed E-state index contributed by atoms with van der Waals surface area (Å²) >= 11 is 0. The average Bonchev–Trinajstić information content (AvgIpc) is 2.47. The number of alkyl carbamates (subject to hydrolysis) is 2. The van der Waals surface area contributed by atoms with Crippen LogP contribution in [0.5, 0.6) is 0 Å². The molecule has 0 aromatic rings. The number of hydrogen-bond donors (Lipinski definition) is 3. The van der Waals surface area contributed by atoms with Crippen molar-refractivity contribution in [2.75, 3.05) is 19.8 Å². The highest BCUT2D eigenvalue weighted by molar-refractivity contribution is 7.54. The molecule has 0 heterocycles. The van der Waals surface area contributed by atoms with Gasteiger partial charge in [0, 0.05) is 6.54 Å². The Morgan fingerprint density at radius 1 is 0.929 bits per heavy atom. The number of carbonyl (C=O) groups excluding carboxylic acids is 2. The lowest BCUT2D eigenvalue weighted by molar-refractivity contribution is 0.0407. The number of aliphatic hydroxyl groups excluding tert-OH is 1. The first-order valence-corrected chi connectivity index (χ1v) is 10.8. The number of aliphatic hydroxyl groups is 1. The molecule has 0 saturated heterocycles. The third-order valence-electron chi connectivity index (χ3n) is 2.87. The smallest absolute Gasteiger partial charge is 0.408 e. The minimum atomic E-state index is -3.98. The van der Waals surface area contributed by atoms with Gasteiger partial charge < -0.3 is 34.3 Å². The fraction of sp³-hybridized carbons (Fsp3) is 0.882. The molecule has 0 aliphatic rings. The SMILES string of the molecule is CCOP(=O)(OCC)[C@H](O)[C@H](CNC(=O)OC(C)(C)C)NC(=O)OC(C)(C)C. The van der Waals surface area contributed by atoms with Gasteiger partial charge in [-0.3, -0.25) is 4.57 Å². The number of nitrogens with one attached hydrogen (secondary N) is 2. The monoisotopic (exact) mass is 426 g/mol. The van der Waals surface area contributed by atoms with E-state index in [0.29, 0.717) is 0 Å². The third-order valence-corrected chi connectivity index (χ3v) is 5.11. The van der Waals surface area contributed by atoms with Crippen LogP contribution in [-0.2, 0) is 23.1 Å². The highest BCUT2D eigenvalue weighted by atomic mass is 31.2. The molecule has 0 aliphatic heterocycles. The minimum absolute atomic E-state index is 0.0208. The van der Waals surface area contributed by atoms with Crippen molar-refractivity contribution in [2.24, 2.45) is 0 Å². The maximum atomic E-state index is 12.9. The van der Waals surface area contributed by atoms with Gasteiger partial charge in [-0.2, -0.15) is 0 Å². The first-order valence-electron chi connectivity index (χ1n) is 9.16. The highest BCUT2D eigenvalue weighted by Crippen LogP contribution is 2.53. The maximum absolute atomic E-state index is 12.9. The van der Waals surface area contributed by atoms with Gasteiger partial charge in [0.05, 0.1) is 19.3 Å². The maximum Gasteiger partial charge on any atom is 0.408 e. The lowest BCUT2D eigenvalue weighted by Crippen LogP contribution is -2.52. The molecule has 2 amide bonds. The molecule has 10 nitrogen and oxygen atoms in total. The molecule has 11 heteroatoms.